The van der Waals surface area contributed by atoms with E-state index in [0.717, 1.165) is 30.4 Å². The van der Waals surface area contributed by atoms with Gasteiger partial charge >= 0.3 is 5.97 Å². The van der Waals surface area contributed by atoms with Crippen LogP contribution in [-0.4, -0.2) is 37.1 Å². The van der Waals surface area contributed by atoms with Crippen LogP contribution in [-0.2, 0) is 11.3 Å². The number of carbonyl (C=O) groups is 2. The number of nitrogens with zero attached hydrogens (tertiary/aromatic N) is 2. The summed E-state index contributed by atoms with van der Waals surface area (Å²) in [5.74, 6) is 1.07. The molecule has 1 aromatic carbocycles. The van der Waals surface area contributed by atoms with Crippen LogP contribution in [0.5, 0.6) is 0 Å². The number of nitrogens with one attached hydrogen (secondary N) is 1. The molecule has 142 valence electrons. The van der Waals surface area contributed by atoms with E-state index < -0.39 is 5.97 Å². The monoisotopic (exact) mass is 367 g/mol. The minimum Gasteiger partial charge on any atom is -0.465 e. The van der Waals surface area contributed by atoms with Crippen molar-refractivity contribution in [2.75, 3.05) is 25.1 Å². The van der Waals surface area contributed by atoms with Crippen molar-refractivity contribution in [3.63, 3.8) is 0 Å². The highest BCUT2D eigenvalue weighted by Gasteiger charge is 2.16. The van der Waals surface area contributed by atoms with Gasteiger partial charge in [0.1, 0.15) is 5.82 Å². The number of pyridine rings is 1. The molecule has 0 bridgehead atoms. The summed E-state index contributed by atoms with van der Waals surface area (Å²) >= 11 is 0. The minimum absolute atomic E-state index is 0.241. The van der Waals surface area contributed by atoms with E-state index >= 15 is 0 Å². The molecule has 3 rings (SSSR count). The van der Waals surface area contributed by atoms with Crippen LogP contribution in [0.2, 0.25) is 0 Å². The van der Waals surface area contributed by atoms with E-state index in [1.54, 1.807) is 24.4 Å². The normalized spacial score (nSPS) is 14.7. The fourth-order valence-corrected chi connectivity index (χ4v) is 3.14. The third-order valence-electron chi connectivity index (χ3n) is 4.92. The van der Waals surface area contributed by atoms with Crippen LogP contribution in [0.1, 0.15) is 46.0 Å². The number of methoxy groups -OCH3 is 1. The highest BCUT2D eigenvalue weighted by atomic mass is 16.5. The zero-order valence-corrected chi connectivity index (χ0v) is 15.8. The molecule has 1 fully saturated rings. The van der Waals surface area contributed by atoms with Crippen molar-refractivity contribution in [1.29, 1.82) is 0 Å². The fourth-order valence-electron chi connectivity index (χ4n) is 3.14. The van der Waals surface area contributed by atoms with Gasteiger partial charge in [-0.2, -0.15) is 0 Å². The van der Waals surface area contributed by atoms with E-state index in [-0.39, 0.29) is 5.91 Å². The Morgan fingerprint density at radius 2 is 1.93 bits per heavy atom. The molecule has 1 saturated heterocycles. The Hall–Kier alpha value is -2.89. The van der Waals surface area contributed by atoms with E-state index in [1.165, 1.54) is 26.0 Å². The van der Waals surface area contributed by atoms with E-state index in [2.05, 4.69) is 26.9 Å². The first kappa shape index (κ1) is 18.9. The van der Waals surface area contributed by atoms with Crippen LogP contribution in [0.3, 0.4) is 0 Å². The summed E-state index contributed by atoms with van der Waals surface area (Å²) in [5.41, 5.74) is 1.71. The first-order chi connectivity index (χ1) is 13.1. The van der Waals surface area contributed by atoms with Crippen LogP contribution >= 0.6 is 0 Å². The second-order valence-corrected chi connectivity index (χ2v) is 6.95. The lowest BCUT2D eigenvalue weighted by Crippen LogP contribution is -2.33. The molecule has 6 heteroatoms. The molecule has 1 amide bonds. The topological polar surface area (TPSA) is 71.5 Å². The molecule has 1 N–H and O–H groups in total. The number of ether oxygens (including phenoxy) is 1. The number of esters is 1. The Bertz CT molecular complexity index is 797. The summed E-state index contributed by atoms with van der Waals surface area (Å²) in [6.45, 7) is 4.75. The first-order valence-corrected chi connectivity index (χ1v) is 9.23. The molecular formula is C21H25N3O3. The lowest BCUT2D eigenvalue weighted by Gasteiger charge is -2.31. The van der Waals surface area contributed by atoms with Crippen LogP contribution in [0, 0.1) is 5.92 Å². The maximum Gasteiger partial charge on any atom is 0.337 e. The molecule has 0 spiro atoms. The average molecular weight is 367 g/mol. The number of hydrogen-bond donors (Lipinski definition) is 1. The Kier molecular flexibility index (Phi) is 6.06. The number of amides is 1. The summed E-state index contributed by atoms with van der Waals surface area (Å²) in [5, 5.41) is 2.86. The van der Waals surface area contributed by atoms with Crippen LogP contribution in [0.4, 0.5) is 5.82 Å². The maximum absolute atomic E-state index is 12.3. The molecule has 2 heterocycles. The minimum atomic E-state index is -0.462. The maximum atomic E-state index is 12.3. The largest absolute Gasteiger partial charge is 0.465 e. The molecule has 1 aromatic heterocycles. The summed E-state index contributed by atoms with van der Waals surface area (Å²) in [6, 6.07) is 10.5. The van der Waals surface area contributed by atoms with Gasteiger partial charge in [0.05, 0.1) is 12.7 Å². The highest BCUT2D eigenvalue weighted by Crippen LogP contribution is 2.21. The molecule has 0 aliphatic carbocycles. The Balaban J connectivity index is 1.57. The lowest BCUT2D eigenvalue weighted by molar-refractivity contribution is 0.0600. The van der Waals surface area contributed by atoms with E-state index in [0.29, 0.717) is 17.7 Å². The van der Waals surface area contributed by atoms with Gasteiger partial charge in [0.25, 0.3) is 5.91 Å². The predicted molar refractivity (Wildman–Crippen MR) is 104 cm³/mol. The molecular weight excluding hydrogens is 342 g/mol. The van der Waals surface area contributed by atoms with Crippen molar-refractivity contribution in [2.24, 2.45) is 5.92 Å². The third-order valence-corrected chi connectivity index (χ3v) is 4.92. The number of anilines is 1. The number of carbonyl (C=O) groups excluding carboxylic acids is 2. The van der Waals surface area contributed by atoms with Gasteiger partial charge in [0.2, 0.25) is 0 Å². The molecule has 6 nitrogen and oxygen atoms in total. The van der Waals surface area contributed by atoms with Crippen molar-refractivity contribution >= 4 is 17.7 Å². The van der Waals surface area contributed by atoms with E-state index in [1.807, 2.05) is 12.1 Å². The first-order valence-electron chi connectivity index (χ1n) is 9.23. The predicted octanol–water partition coefficient (Wildman–Crippen LogP) is 3.03. The van der Waals surface area contributed by atoms with Gasteiger partial charge in [-0.05, 0) is 48.6 Å². The van der Waals surface area contributed by atoms with Gasteiger partial charge in [-0.15, -0.1) is 0 Å². The average Bonchev–Trinajstić information content (AvgIpc) is 2.72. The summed E-state index contributed by atoms with van der Waals surface area (Å²) in [4.78, 5) is 30.8. The number of aromatic nitrogens is 1. The van der Waals surface area contributed by atoms with Gasteiger partial charge < -0.3 is 15.0 Å². The molecule has 2 aromatic rings. The molecule has 0 saturated carbocycles. The van der Waals surface area contributed by atoms with Crippen molar-refractivity contribution in [3.05, 3.63) is 59.3 Å². The summed E-state index contributed by atoms with van der Waals surface area (Å²) < 4.78 is 4.68. The number of piperidine rings is 1. The number of rotatable bonds is 5. The fraction of sp³-hybridized carbons (Fsp3) is 0.381. The van der Waals surface area contributed by atoms with E-state index in [4.69, 9.17) is 0 Å². The van der Waals surface area contributed by atoms with Gasteiger partial charge in [-0.3, -0.25) is 4.79 Å². The standard InChI is InChI=1S/C21H25N3O3/c1-15-8-10-24(11-9-15)19-7-6-16(13-22-19)14-23-20(25)17-4-3-5-18(12-17)21(26)27-2/h3-7,12-13,15H,8-11,14H2,1-2H3,(H,23,25). The molecule has 0 radical (unpaired) electrons. The highest BCUT2D eigenvalue weighted by molar-refractivity contribution is 5.97. The van der Waals surface area contributed by atoms with Gasteiger partial charge in [-0.1, -0.05) is 19.1 Å². The van der Waals surface area contributed by atoms with Gasteiger partial charge in [0, 0.05) is 31.4 Å². The number of hydrogen-bond acceptors (Lipinski definition) is 5. The van der Waals surface area contributed by atoms with Crippen LogP contribution in [0.15, 0.2) is 42.6 Å². The summed E-state index contributed by atoms with van der Waals surface area (Å²) in [6.07, 6.45) is 4.20. The van der Waals surface area contributed by atoms with Gasteiger partial charge in [0.15, 0.2) is 0 Å². The zero-order valence-electron chi connectivity index (χ0n) is 15.8. The van der Waals surface area contributed by atoms with Crippen molar-refractivity contribution in [2.45, 2.75) is 26.3 Å². The van der Waals surface area contributed by atoms with Gasteiger partial charge in [-0.25, -0.2) is 9.78 Å². The second kappa shape index (κ2) is 8.66. The van der Waals surface area contributed by atoms with Crippen LogP contribution in [0.25, 0.3) is 0 Å². The zero-order chi connectivity index (χ0) is 19.2. The quantitative estimate of drug-likeness (QED) is 0.823. The smallest absolute Gasteiger partial charge is 0.337 e. The molecule has 1 aliphatic heterocycles. The molecule has 1 aliphatic rings. The number of benzene rings is 1. The molecule has 27 heavy (non-hydrogen) atoms. The van der Waals surface area contributed by atoms with Crippen molar-refractivity contribution in [1.82, 2.24) is 10.3 Å². The Morgan fingerprint density at radius 1 is 1.19 bits per heavy atom. The Labute approximate surface area is 159 Å². The molecule has 0 unspecified atom stereocenters. The molecule has 0 atom stereocenters. The SMILES string of the molecule is COC(=O)c1cccc(C(=O)NCc2ccc(N3CCC(C)CC3)nc2)c1. The van der Waals surface area contributed by atoms with Crippen LogP contribution < -0.4 is 10.2 Å². The Morgan fingerprint density at radius 3 is 2.59 bits per heavy atom. The van der Waals surface area contributed by atoms with Crippen molar-refractivity contribution < 1.29 is 14.3 Å². The van der Waals surface area contributed by atoms with E-state index in [9.17, 15) is 9.59 Å². The summed E-state index contributed by atoms with van der Waals surface area (Å²) in [7, 11) is 1.32. The lowest BCUT2D eigenvalue weighted by atomic mass is 9.99. The second-order valence-electron chi connectivity index (χ2n) is 6.95. The third kappa shape index (κ3) is 4.84. The van der Waals surface area contributed by atoms with Crippen molar-refractivity contribution in [3.8, 4) is 0 Å².